The Balaban J connectivity index is 2.30. The molecule has 0 unspecified atom stereocenters. The van der Waals surface area contributed by atoms with Crippen molar-refractivity contribution in [3.8, 4) is 6.07 Å². The first-order valence-corrected chi connectivity index (χ1v) is 6.43. The Bertz CT molecular complexity index is 646. The van der Waals surface area contributed by atoms with Crippen LogP contribution in [-0.2, 0) is 6.54 Å². The zero-order valence-corrected chi connectivity index (χ0v) is 11.3. The van der Waals surface area contributed by atoms with Crippen LogP contribution in [0.5, 0.6) is 0 Å². The van der Waals surface area contributed by atoms with Crippen LogP contribution in [0, 0.1) is 17.1 Å². The summed E-state index contributed by atoms with van der Waals surface area (Å²) in [5.74, 6) is -0.447. The number of nitrogen functional groups attached to an aromatic ring is 1. The smallest absolute Gasteiger partial charge is 0.145 e. The molecule has 0 aliphatic carbocycles. The fourth-order valence-electron chi connectivity index (χ4n) is 2.10. The highest BCUT2D eigenvalue weighted by molar-refractivity contribution is 5.56. The number of benzene rings is 2. The Morgan fingerprint density at radius 3 is 2.65 bits per heavy atom. The zero-order valence-electron chi connectivity index (χ0n) is 11.3. The van der Waals surface area contributed by atoms with Crippen molar-refractivity contribution in [2.45, 2.75) is 13.5 Å². The number of halogens is 1. The van der Waals surface area contributed by atoms with Gasteiger partial charge in [0, 0.05) is 30.0 Å². The summed E-state index contributed by atoms with van der Waals surface area (Å²) in [5, 5.41) is 8.87. The number of hydrogen-bond donors (Lipinski definition) is 1. The predicted octanol–water partition coefficient (Wildman–Crippen LogP) is 3.31. The molecule has 0 bridgehead atoms. The molecule has 3 nitrogen and oxygen atoms in total. The third-order valence-electron chi connectivity index (χ3n) is 3.18. The van der Waals surface area contributed by atoms with Crippen LogP contribution in [0.3, 0.4) is 0 Å². The molecule has 0 aromatic heterocycles. The van der Waals surface area contributed by atoms with E-state index in [2.05, 4.69) is 0 Å². The lowest BCUT2D eigenvalue weighted by atomic mass is 10.1. The van der Waals surface area contributed by atoms with Crippen molar-refractivity contribution in [2.24, 2.45) is 0 Å². The van der Waals surface area contributed by atoms with Gasteiger partial charge in [-0.15, -0.1) is 0 Å². The summed E-state index contributed by atoms with van der Waals surface area (Å²) >= 11 is 0. The number of hydrogen-bond acceptors (Lipinski definition) is 3. The molecule has 2 aromatic carbocycles. The Kier molecular flexibility index (Phi) is 4.21. The molecule has 0 aliphatic heterocycles. The molecule has 0 amide bonds. The molecule has 0 heterocycles. The average Bonchev–Trinajstić information content (AvgIpc) is 2.46. The first-order valence-electron chi connectivity index (χ1n) is 6.43. The molecule has 0 saturated heterocycles. The van der Waals surface area contributed by atoms with Gasteiger partial charge in [0.2, 0.25) is 0 Å². The van der Waals surface area contributed by atoms with E-state index in [1.807, 2.05) is 42.2 Å². The quantitative estimate of drug-likeness (QED) is 0.866. The molecule has 0 saturated carbocycles. The summed E-state index contributed by atoms with van der Waals surface area (Å²) in [6, 6.07) is 14.2. The lowest BCUT2D eigenvalue weighted by Crippen LogP contribution is -2.22. The van der Waals surface area contributed by atoms with Gasteiger partial charge in [-0.25, -0.2) is 4.39 Å². The van der Waals surface area contributed by atoms with Crippen molar-refractivity contribution in [1.82, 2.24) is 0 Å². The molecule has 0 atom stereocenters. The minimum Gasteiger partial charge on any atom is -0.399 e. The van der Waals surface area contributed by atoms with Gasteiger partial charge in [-0.2, -0.15) is 5.26 Å². The van der Waals surface area contributed by atoms with Crippen LogP contribution in [0.1, 0.15) is 18.1 Å². The summed E-state index contributed by atoms with van der Waals surface area (Å²) in [7, 11) is 0. The molecule has 102 valence electrons. The van der Waals surface area contributed by atoms with E-state index in [4.69, 9.17) is 11.0 Å². The normalized spacial score (nSPS) is 10.1. The zero-order chi connectivity index (χ0) is 14.5. The monoisotopic (exact) mass is 269 g/mol. The Hall–Kier alpha value is -2.54. The minimum absolute atomic E-state index is 0.0751. The molecule has 0 fully saturated rings. The second-order valence-electron chi connectivity index (χ2n) is 4.50. The SMILES string of the molecule is CCN(Cc1cccc(C#N)c1F)c1cccc(N)c1. The Morgan fingerprint density at radius 1 is 1.25 bits per heavy atom. The second kappa shape index (κ2) is 6.07. The maximum absolute atomic E-state index is 14.1. The van der Waals surface area contributed by atoms with Crippen molar-refractivity contribution in [3.63, 3.8) is 0 Å². The molecule has 4 heteroatoms. The lowest BCUT2D eigenvalue weighted by molar-refractivity contribution is 0.601. The van der Waals surface area contributed by atoms with E-state index in [0.717, 1.165) is 12.2 Å². The van der Waals surface area contributed by atoms with Gasteiger partial charge in [0.1, 0.15) is 11.9 Å². The van der Waals surface area contributed by atoms with Crippen LogP contribution >= 0.6 is 0 Å². The van der Waals surface area contributed by atoms with E-state index < -0.39 is 5.82 Å². The second-order valence-corrected chi connectivity index (χ2v) is 4.50. The predicted molar refractivity (Wildman–Crippen MR) is 78.7 cm³/mol. The number of nitriles is 1. The minimum atomic E-state index is -0.447. The lowest BCUT2D eigenvalue weighted by Gasteiger charge is -2.24. The average molecular weight is 269 g/mol. The Morgan fingerprint density at radius 2 is 2.00 bits per heavy atom. The number of nitrogens with two attached hydrogens (primary N) is 1. The van der Waals surface area contributed by atoms with Crippen molar-refractivity contribution in [2.75, 3.05) is 17.2 Å². The maximum Gasteiger partial charge on any atom is 0.145 e. The molecule has 2 N–H and O–H groups in total. The van der Waals surface area contributed by atoms with Crippen molar-refractivity contribution in [1.29, 1.82) is 5.26 Å². The highest BCUT2D eigenvalue weighted by atomic mass is 19.1. The van der Waals surface area contributed by atoms with Crippen molar-refractivity contribution < 1.29 is 4.39 Å². The van der Waals surface area contributed by atoms with E-state index in [9.17, 15) is 4.39 Å². The first kappa shape index (κ1) is 13.9. The number of anilines is 2. The fraction of sp³-hybridized carbons (Fsp3) is 0.188. The molecule has 0 radical (unpaired) electrons. The van der Waals surface area contributed by atoms with Crippen LogP contribution < -0.4 is 10.6 Å². The Labute approximate surface area is 118 Å². The molecular formula is C16H16FN3. The van der Waals surface area contributed by atoms with E-state index in [1.54, 1.807) is 12.1 Å². The molecule has 2 aromatic rings. The summed E-state index contributed by atoms with van der Waals surface area (Å²) < 4.78 is 14.1. The van der Waals surface area contributed by atoms with E-state index in [-0.39, 0.29) is 5.56 Å². The van der Waals surface area contributed by atoms with Crippen molar-refractivity contribution >= 4 is 11.4 Å². The summed E-state index contributed by atoms with van der Waals surface area (Å²) in [6.07, 6.45) is 0. The molecule has 2 rings (SSSR count). The standard InChI is InChI=1S/C16H16FN3/c1-2-20(15-8-4-7-14(19)9-15)11-13-6-3-5-12(10-18)16(13)17/h3-9H,2,11,19H2,1H3. The van der Waals surface area contributed by atoms with E-state index in [1.165, 1.54) is 6.07 Å². The van der Waals surface area contributed by atoms with Crippen molar-refractivity contribution in [3.05, 3.63) is 59.4 Å². The third-order valence-corrected chi connectivity index (χ3v) is 3.18. The van der Waals surface area contributed by atoms with Gasteiger partial charge < -0.3 is 10.6 Å². The fourth-order valence-corrected chi connectivity index (χ4v) is 2.10. The summed E-state index contributed by atoms with van der Waals surface area (Å²) in [5.41, 5.74) is 7.97. The largest absolute Gasteiger partial charge is 0.399 e. The van der Waals surface area contributed by atoms with E-state index in [0.29, 0.717) is 17.8 Å². The first-order chi connectivity index (χ1) is 9.65. The van der Waals surface area contributed by atoms with Gasteiger partial charge in [-0.3, -0.25) is 0 Å². The molecular weight excluding hydrogens is 253 g/mol. The summed E-state index contributed by atoms with van der Waals surface area (Å²) in [6.45, 7) is 3.12. The van der Waals surface area contributed by atoms with Crippen LogP contribution in [-0.4, -0.2) is 6.54 Å². The number of nitrogens with zero attached hydrogens (tertiary/aromatic N) is 2. The van der Waals surface area contributed by atoms with Crippen LogP contribution in [0.15, 0.2) is 42.5 Å². The van der Waals surface area contributed by atoms with Crippen LogP contribution in [0.2, 0.25) is 0 Å². The highest BCUT2D eigenvalue weighted by Gasteiger charge is 2.11. The van der Waals surface area contributed by atoms with E-state index >= 15 is 0 Å². The molecule has 0 aliphatic rings. The molecule has 20 heavy (non-hydrogen) atoms. The number of rotatable bonds is 4. The highest BCUT2D eigenvalue weighted by Crippen LogP contribution is 2.21. The summed E-state index contributed by atoms with van der Waals surface area (Å²) in [4.78, 5) is 2.01. The van der Waals surface area contributed by atoms with Gasteiger partial charge in [-0.1, -0.05) is 18.2 Å². The third kappa shape index (κ3) is 2.89. The van der Waals surface area contributed by atoms with Gasteiger partial charge in [0.15, 0.2) is 0 Å². The van der Waals surface area contributed by atoms with Gasteiger partial charge >= 0.3 is 0 Å². The topological polar surface area (TPSA) is 53.0 Å². The van der Waals surface area contributed by atoms with Crippen LogP contribution in [0.25, 0.3) is 0 Å². The van der Waals surface area contributed by atoms with Gasteiger partial charge in [0.05, 0.1) is 5.56 Å². The van der Waals surface area contributed by atoms with Gasteiger partial charge in [-0.05, 0) is 31.2 Å². The maximum atomic E-state index is 14.1. The molecule has 0 spiro atoms. The van der Waals surface area contributed by atoms with Gasteiger partial charge in [0.25, 0.3) is 0 Å². The van der Waals surface area contributed by atoms with Crippen LogP contribution in [0.4, 0.5) is 15.8 Å².